The predicted octanol–water partition coefficient (Wildman–Crippen LogP) is 0.430. The average Bonchev–Trinajstić information content (AvgIpc) is 2.15. The molecule has 0 saturated carbocycles. The number of carbonyl (C=O) groups is 1. The van der Waals surface area contributed by atoms with E-state index in [0.717, 1.165) is 0 Å². The summed E-state index contributed by atoms with van der Waals surface area (Å²) in [6.45, 7) is -0.581. The first-order valence-electron chi connectivity index (χ1n) is 4.20. The number of hydrogen-bond donors (Lipinski definition) is 3. The van der Waals surface area contributed by atoms with E-state index in [1.807, 2.05) is 4.98 Å². The molecule has 0 radical (unpaired) electrons. The van der Waals surface area contributed by atoms with Crippen LogP contribution in [0.25, 0.3) is 0 Å². The second-order valence-corrected chi connectivity index (χ2v) is 2.90. The highest BCUT2D eigenvalue weighted by Gasteiger charge is 2.34. The van der Waals surface area contributed by atoms with E-state index in [0.29, 0.717) is 6.20 Å². The monoisotopic (exact) mass is 252 g/mol. The molecule has 94 valence electrons. The number of hydrogen-bond acceptors (Lipinski definition) is 4. The van der Waals surface area contributed by atoms with Crippen LogP contribution in [0.1, 0.15) is 15.9 Å². The van der Waals surface area contributed by atoms with Gasteiger partial charge >= 0.3 is 12.3 Å². The fourth-order valence-electron chi connectivity index (χ4n) is 1.13. The Morgan fingerprint density at radius 2 is 2.12 bits per heavy atom. The van der Waals surface area contributed by atoms with Gasteiger partial charge in [-0.15, -0.1) is 13.2 Å². The summed E-state index contributed by atoms with van der Waals surface area (Å²) in [6.07, 6.45) is -4.49. The van der Waals surface area contributed by atoms with Crippen LogP contribution in [-0.4, -0.2) is 22.4 Å². The smallest absolute Gasteiger partial charge is 0.477 e. The summed E-state index contributed by atoms with van der Waals surface area (Å²) in [5.74, 6) is -2.76. The molecule has 1 heterocycles. The van der Waals surface area contributed by atoms with Crippen LogP contribution in [-0.2, 0) is 6.54 Å². The molecule has 9 heteroatoms. The molecule has 1 aromatic rings. The van der Waals surface area contributed by atoms with E-state index in [1.165, 1.54) is 0 Å². The minimum absolute atomic E-state index is 0.581. The lowest BCUT2D eigenvalue weighted by Gasteiger charge is -2.13. The number of aromatic nitrogens is 1. The molecule has 0 saturated heterocycles. The molecule has 0 bridgehead atoms. The molecular formula is C8H7F3N2O4. The summed E-state index contributed by atoms with van der Waals surface area (Å²) < 4.78 is 39.7. The van der Waals surface area contributed by atoms with Crippen molar-refractivity contribution in [3.63, 3.8) is 0 Å². The molecule has 6 nitrogen and oxygen atoms in total. The third-order valence-electron chi connectivity index (χ3n) is 1.79. The number of halogens is 3. The van der Waals surface area contributed by atoms with Gasteiger partial charge in [0.05, 0.1) is 5.56 Å². The van der Waals surface area contributed by atoms with Gasteiger partial charge in [0.2, 0.25) is 0 Å². The van der Waals surface area contributed by atoms with Crippen LogP contribution in [0.4, 0.5) is 13.2 Å². The number of nitrogens with one attached hydrogen (secondary N) is 1. The molecule has 0 aliphatic rings. The number of aromatic amines is 1. The third kappa shape index (κ3) is 2.97. The normalized spacial score (nSPS) is 11.3. The van der Waals surface area contributed by atoms with Gasteiger partial charge in [0.15, 0.2) is 5.75 Å². The Balaban J connectivity index is 3.44. The van der Waals surface area contributed by atoms with E-state index >= 15 is 0 Å². The SMILES string of the molecule is NCc1c(OC(F)(F)F)c(C(=O)O)c[nH]c1=O. The van der Waals surface area contributed by atoms with Gasteiger partial charge in [0.1, 0.15) is 5.56 Å². The molecule has 0 aromatic carbocycles. The largest absolute Gasteiger partial charge is 0.573 e. The zero-order valence-corrected chi connectivity index (χ0v) is 8.17. The van der Waals surface area contributed by atoms with E-state index in [2.05, 4.69) is 4.74 Å². The van der Waals surface area contributed by atoms with Gasteiger partial charge in [-0.3, -0.25) is 4.79 Å². The van der Waals surface area contributed by atoms with Gasteiger partial charge in [-0.05, 0) is 0 Å². The van der Waals surface area contributed by atoms with Gasteiger partial charge < -0.3 is 20.6 Å². The third-order valence-corrected chi connectivity index (χ3v) is 1.79. The molecular weight excluding hydrogens is 245 g/mol. The van der Waals surface area contributed by atoms with Crippen molar-refractivity contribution in [2.75, 3.05) is 0 Å². The zero-order valence-electron chi connectivity index (χ0n) is 8.17. The lowest BCUT2D eigenvalue weighted by atomic mass is 10.1. The summed E-state index contributed by atoms with van der Waals surface area (Å²) in [5.41, 5.74) is 2.75. The Kier molecular flexibility index (Phi) is 3.42. The fourth-order valence-corrected chi connectivity index (χ4v) is 1.13. The molecule has 0 unspecified atom stereocenters. The molecule has 0 aliphatic heterocycles. The molecule has 0 aliphatic carbocycles. The first kappa shape index (κ1) is 13.0. The predicted molar refractivity (Wildman–Crippen MR) is 48.6 cm³/mol. The molecule has 0 atom stereocenters. The molecule has 1 aromatic heterocycles. The summed E-state index contributed by atoms with van der Waals surface area (Å²) >= 11 is 0. The van der Waals surface area contributed by atoms with Crippen molar-refractivity contribution in [2.45, 2.75) is 12.9 Å². The maximum Gasteiger partial charge on any atom is 0.573 e. The van der Waals surface area contributed by atoms with E-state index < -0.39 is 41.3 Å². The molecule has 0 amide bonds. The van der Waals surface area contributed by atoms with Gasteiger partial charge in [0, 0.05) is 12.7 Å². The Morgan fingerprint density at radius 3 is 2.53 bits per heavy atom. The molecule has 4 N–H and O–H groups in total. The number of carboxylic acid groups (broad SMARTS) is 1. The van der Waals surface area contributed by atoms with Gasteiger partial charge in [-0.2, -0.15) is 0 Å². The number of H-pyrrole nitrogens is 1. The Hall–Kier alpha value is -2.03. The van der Waals surface area contributed by atoms with Crippen molar-refractivity contribution in [3.05, 3.63) is 27.7 Å². The van der Waals surface area contributed by atoms with Crippen molar-refractivity contribution >= 4 is 5.97 Å². The minimum atomic E-state index is -5.11. The number of pyridine rings is 1. The lowest BCUT2D eigenvalue weighted by Crippen LogP contribution is -2.25. The Bertz CT molecular complexity index is 495. The van der Waals surface area contributed by atoms with Crippen LogP contribution in [0.15, 0.2) is 11.0 Å². The quantitative estimate of drug-likeness (QED) is 0.723. The van der Waals surface area contributed by atoms with Gasteiger partial charge in [-0.25, -0.2) is 4.79 Å². The van der Waals surface area contributed by atoms with Gasteiger partial charge in [-0.1, -0.05) is 0 Å². The molecule has 17 heavy (non-hydrogen) atoms. The van der Waals surface area contributed by atoms with Crippen LogP contribution in [0, 0.1) is 0 Å². The maximum absolute atomic E-state index is 12.1. The highest BCUT2D eigenvalue weighted by Crippen LogP contribution is 2.27. The topological polar surface area (TPSA) is 105 Å². The van der Waals surface area contributed by atoms with Gasteiger partial charge in [0.25, 0.3) is 5.56 Å². The Morgan fingerprint density at radius 1 is 1.53 bits per heavy atom. The van der Waals surface area contributed by atoms with Crippen LogP contribution in [0.2, 0.25) is 0 Å². The van der Waals surface area contributed by atoms with E-state index in [1.54, 1.807) is 0 Å². The zero-order chi connectivity index (χ0) is 13.2. The van der Waals surface area contributed by atoms with Crippen molar-refractivity contribution in [1.82, 2.24) is 4.98 Å². The highest BCUT2D eigenvalue weighted by atomic mass is 19.4. The minimum Gasteiger partial charge on any atom is -0.477 e. The molecule has 0 spiro atoms. The second-order valence-electron chi connectivity index (χ2n) is 2.90. The fraction of sp³-hybridized carbons (Fsp3) is 0.250. The molecule has 1 rings (SSSR count). The number of carboxylic acids is 1. The van der Waals surface area contributed by atoms with Crippen LogP contribution < -0.4 is 16.0 Å². The first-order chi connectivity index (χ1) is 7.76. The number of aromatic carboxylic acids is 1. The van der Waals surface area contributed by atoms with E-state index in [-0.39, 0.29) is 0 Å². The van der Waals surface area contributed by atoms with Crippen LogP contribution in [0.5, 0.6) is 5.75 Å². The van der Waals surface area contributed by atoms with E-state index in [9.17, 15) is 22.8 Å². The average molecular weight is 252 g/mol. The maximum atomic E-state index is 12.1. The van der Waals surface area contributed by atoms with Crippen molar-refractivity contribution in [3.8, 4) is 5.75 Å². The van der Waals surface area contributed by atoms with Crippen molar-refractivity contribution in [2.24, 2.45) is 5.73 Å². The molecule has 0 fully saturated rings. The van der Waals surface area contributed by atoms with Crippen LogP contribution >= 0.6 is 0 Å². The number of rotatable bonds is 3. The standard InChI is InChI=1S/C8H7F3N2O4/c9-8(10,11)17-5-3(1-12)6(14)13-2-4(5)7(15)16/h2H,1,12H2,(H,13,14)(H,15,16). The number of ether oxygens (including phenoxy) is 1. The summed E-state index contributed by atoms with van der Waals surface area (Å²) in [5, 5.41) is 8.66. The van der Waals surface area contributed by atoms with Crippen molar-refractivity contribution < 1.29 is 27.8 Å². The lowest BCUT2D eigenvalue weighted by molar-refractivity contribution is -0.275. The van der Waals surface area contributed by atoms with Crippen LogP contribution in [0.3, 0.4) is 0 Å². The van der Waals surface area contributed by atoms with E-state index in [4.69, 9.17) is 10.8 Å². The summed E-state index contributed by atoms with van der Waals surface area (Å²) in [6, 6.07) is 0. The highest BCUT2D eigenvalue weighted by molar-refractivity contribution is 5.91. The van der Waals surface area contributed by atoms with Crippen molar-refractivity contribution in [1.29, 1.82) is 0 Å². The summed E-state index contributed by atoms with van der Waals surface area (Å²) in [7, 11) is 0. The first-order valence-corrected chi connectivity index (χ1v) is 4.20. The Labute approximate surface area is 91.8 Å². The second kappa shape index (κ2) is 4.45. The number of nitrogens with two attached hydrogens (primary N) is 1. The number of alkyl halides is 3. The summed E-state index contributed by atoms with van der Waals surface area (Å²) in [4.78, 5) is 23.8.